The van der Waals surface area contributed by atoms with Crippen LogP contribution in [0.2, 0.25) is 6.82 Å². The third kappa shape index (κ3) is 5.26. The number of aryl methyl sites for hydroxylation is 2. The van der Waals surface area contributed by atoms with Crippen LogP contribution in [0.3, 0.4) is 0 Å². The highest BCUT2D eigenvalue weighted by Gasteiger charge is 2.10. The maximum atomic E-state index is 5.65. The van der Waals surface area contributed by atoms with Crippen molar-refractivity contribution in [1.82, 2.24) is 9.55 Å². The average molecular weight is 559 g/mol. The average Bonchev–Trinajstić information content (AvgIpc) is 3.68. The lowest BCUT2D eigenvalue weighted by molar-refractivity contribution is 0.601. The lowest BCUT2D eigenvalue weighted by Crippen LogP contribution is -1.91. The molecule has 0 saturated carbocycles. The highest BCUT2D eigenvalue weighted by Crippen LogP contribution is 2.30. The molecule has 3 aromatic heterocycles. The van der Waals surface area contributed by atoms with Gasteiger partial charge in [-0.15, -0.1) is 0 Å². The first kappa shape index (κ1) is 28.2. The van der Waals surface area contributed by atoms with Gasteiger partial charge in [0.05, 0.1) is 7.85 Å². The Labute approximate surface area is 253 Å². The molecule has 0 bridgehead atoms. The minimum atomic E-state index is 0.933. The topological polar surface area (TPSA) is 33.9 Å². The minimum Gasteiger partial charge on any atom is -0.456 e. The van der Waals surface area contributed by atoms with Crippen molar-refractivity contribution < 1.29 is 4.42 Å². The number of hydrogen-bond acceptors (Lipinski definition) is 1. The van der Waals surface area contributed by atoms with Crippen molar-refractivity contribution >= 4 is 68.5 Å². The largest absolute Gasteiger partial charge is 0.456 e. The Kier molecular flexibility index (Phi) is 7.94. The fourth-order valence-corrected chi connectivity index (χ4v) is 6.07. The molecule has 0 aliphatic rings. The second-order valence-corrected chi connectivity index (χ2v) is 10.7. The second kappa shape index (κ2) is 12.1. The molecule has 3 nitrogen and oxygen atoms in total. The van der Waals surface area contributed by atoms with Gasteiger partial charge in [-0.2, -0.15) is 0 Å². The van der Waals surface area contributed by atoms with Crippen LogP contribution in [0.1, 0.15) is 29.4 Å². The van der Waals surface area contributed by atoms with Crippen LogP contribution >= 0.6 is 0 Å². The fraction of sp³-hybridized carbons (Fsp3) is 0.128. The summed E-state index contributed by atoms with van der Waals surface area (Å²) in [5.41, 5.74) is 9.85. The smallest absolute Gasteiger partial charge is 0.135 e. The Morgan fingerprint density at radius 1 is 0.674 bits per heavy atom. The predicted octanol–water partition coefficient (Wildman–Crippen LogP) is 10.5. The number of benzene rings is 5. The molecular weight excluding hydrogens is 523 g/mol. The number of nitrogens with one attached hydrogen (secondary N) is 1. The van der Waals surface area contributed by atoms with Crippen LogP contribution in [-0.2, 0) is 13.5 Å². The number of furan rings is 1. The zero-order chi connectivity index (χ0) is 29.9. The highest BCUT2D eigenvalue weighted by atomic mass is 16.3. The molecule has 2 radical (unpaired) electrons. The van der Waals surface area contributed by atoms with Crippen LogP contribution in [0.25, 0.3) is 60.7 Å². The number of hydrogen-bond donors (Lipinski definition) is 1. The fourth-order valence-electron chi connectivity index (χ4n) is 6.07. The summed E-state index contributed by atoms with van der Waals surface area (Å²) >= 11 is 0. The molecule has 5 aromatic carbocycles. The minimum absolute atomic E-state index is 0.933. The number of para-hydroxylation sites is 3. The van der Waals surface area contributed by atoms with Gasteiger partial charge in [0.2, 0.25) is 0 Å². The molecule has 0 aliphatic carbocycles. The van der Waals surface area contributed by atoms with E-state index in [2.05, 4.69) is 122 Å². The van der Waals surface area contributed by atoms with Gasteiger partial charge in [0.25, 0.3) is 0 Å². The van der Waals surface area contributed by atoms with Crippen molar-refractivity contribution in [2.24, 2.45) is 7.05 Å². The zero-order valence-corrected chi connectivity index (χ0v) is 25.2. The van der Waals surface area contributed by atoms with Gasteiger partial charge < -0.3 is 14.0 Å². The quantitative estimate of drug-likeness (QED) is 0.215. The van der Waals surface area contributed by atoms with Crippen molar-refractivity contribution in [3.8, 4) is 0 Å². The Hall–Kier alpha value is -4.96. The van der Waals surface area contributed by atoms with Gasteiger partial charge in [0, 0.05) is 61.6 Å². The number of aromatic nitrogens is 2. The van der Waals surface area contributed by atoms with E-state index in [1.807, 2.05) is 37.3 Å². The predicted molar refractivity (Wildman–Crippen MR) is 186 cm³/mol. The maximum Gasteiger partial charge on any atom is 0.135 e. The number of nitrogens with zero attached hydrogens (tertiary/aromatic N) is 1. The molecule has 43 heavy (non-hydrogen) atoms. The van der Waals surface area contributed by atoms with Crippen LogP contribution < -0.4 is 0 Å². The SMILES string of the molecule is C/C=C\c1oc2ccccc2c1C.Cn1c2ccccc2c2ccc(Cc3ccc4c(c3)[nH]c3ccccc34)cc21.[B]C. The first-order chi connectivity index (χ1) is 21.1. The summed E-state index contributed by atoms with van der Waals surface area (Å²) < 4.78 is 7.95. The number of aromatic amines is 1. The van der Waals surface area contributed by atoms with E-state index in [1.54, 1.807) is 0 Å². The van der Waals surface area contributed by atoms with Crippen molar-refractivity contribution in [1.29, 1.82) is 0 Å². The van der Waals surface area contributed by atoms with Crippen molar-refractivity contribution in [2.75, 3.05) is 0 Å². The van der Waals surface area contributed by atoms with Crippen LogP contribution in [0.15, 0.2) is 120 Å². The Balaban J connectivity index is 0.000000185. The van der Waals surface area contributed by atoms with E-state index in [0.717, 1.165) is 17.8 Å². The lowest BCUT2D eigenvalue weighted by atomic mass is 10.0. The van der Waals surface area contributed by atoms with Crippen molar-refractivity contribution in [2.45, 2.75) is 27.1 Å². The standard InChI is InChI=1S/C26H20N2.C12H12O.CH3B/c1-28-25-9-5-3-7-21(25)22-13-11-18(16-26(22)28)14-17-10-12-20-19-6-2-4-8-23(19)27-24(20)15-17;1-3-6-11-9(2)10-7-4-5-8-12(10)13-11;1-2/h2-13,15-16,27H,14H2,1H3;3-8H,1-2H3;1H3/b;6-3-;. The molecule has 1 N–H and O–H groups in total. The second-order valence-electron chi connectivity index (χ2n) is 10.7. The van der Waals surface area contributed by atoms with Gasteiger partial charge in [-0.1, -0.05) is 91.8 Å². The maximum absolute atomic E-state index is 5.65. The molecule has 0 amide bonds. The lowest BCUT2D eigenvalue weighted by Gasteiger charge is -2.05. The van der Waals surface area contributed by atoms with Gasteiger partial charge in [0.1, 0.15) is 11.3 Å². The molecule has 0 spiro atoms. The van der Waals surface area contributed by atoms with E-state index in [-0.39, 0.29) is 0 Å². The summed E-state index contributed by atoms with van der Waals surface area (Å²) in [7, 11) is 6.66. The third-order valence-corrected chi connectivity index (χ3v) is 8.16. The van der Waals surface area contributed by atoms with Crippen LogP contribution in [-0.4, -0.2) is 17.4 Å². The summed E-state index contributed by atoms with van der Waals surface area (Å²) in [5, 5.41) is 6.44. The molecule has 0 unspecified atom stereocenters. The number of fused-ring (bicyclic) bond motifs is 7. The number of allylic oxidation sites excluding steroid dienone is 1. The monoisotopic (exact) mass is 558 g/mol. The summed E-state index contributed by atoms with van der Waals surface area (Å²) in [4.78, 5) is 3.56. The molecule has 8 rings (SSSR count). The van der Waals surface area contributed by atoms with Gasteiger partial charge in [-0.25, -0.2) is 0 Å². The first-order valence-corrected chi connectivity index (χ1v) is 14.7. The van der Waals surface area contributed by atoms with Gasteiger partial charge in [0.15, 0.2) is 0 Å². The van der Waals surface area contributed by atoms with E-state index >= 15 is 0 Å². The van der Waals surface area contributed by atoms with E-state index in [1.165, 1.54) is 72.5 Å². The first-order valence-electron chi connectivity index (χ1n) is 14.7. The highest BCUT2D eigenvalue weighted by molar-refractivity contribution is 6.08. The molecule has 3 heterocycles. The molecule has 0 fully saturated rings. The van der Waals surface area contributed by atoms with Gasteiger partial charge in [-0.3, -0.25) is 0 Å². The van der Waals surface area contributed by atoms with Gasteiger partial charge in [-0.05, 0) is 67.8 Å². The molecule has 4 heteroatoms. The van der Waals surface area contributed by atoms with E-state index in [9.17, 15) is 0 Å². The molecular formula is C39H35BN2O. The van der Waals surface area contributed by atoms with Crippen LogP contribution in [0, 0.1) is 6.92 Å². The molecule has 0 atom stereocenters. The van der Waals surface area contributed by atoms with E-state index in [4.69, 9.17) is 4.42 Å². The van der Waals surface area contributed by atoms with Crippen molar-refractivity contribution in [3.05, 3.63) is 138 Å². The van der Waals surface area contributed by atoms with Crippen molar-refractivity contribution in [3.63, 3.8) is 0 Å². The van der Waals surface area contributed by atoms with E-state index in [0.29, 0.717) is 0 Å². The van der Waals surface area contributed by atoms with Crippen LogP contribution in [0.5, 0.6) is 0 Å². The molecule has 8 aromatic rings. The summed E-state index contributed by atoms with van der Waals surface area (Å²) in [6.45, 7) is 5.58. The number of H-pyrrole nitrogens is 1. The Bertz CT molecular complexity index is 2230. The zero-order valence-electron chi connectivity index (χ0n) is 25.2. The van der Waals surface area contributed by atoms with Gasteiger partial charge >= 0.3 is 0 Å². The molecule has 0 aliphatic heterocycles. The summed E-state index contributed by atoms with van der Waals surface area (Å²) in [6, 6.07) is 38.9. The van der Waals surface area contributed by atoms with Crippen LogP contribution in [0.4, 0.5) is 0 Å². The molecule has 210 valence electrons. The normalized spacial score (nSPS) is 11.3. The summed E-state index contributed by atoms with van der Waals surface area (Å²) in [5.74, 6) is 0.962. The third-order valence-electron chi connectivity index (χ3n) is 8.16. The van der Waals surface area contributed by atoms with E-state index < -0.39 is 0 Å². The molecule has 0 saturated heterocycles. The summed E-state index contributed by atoms with van der Waals surface area (Å²) in [6.07, 6.45) is 4.92. The Morgan fingerprint density at radius 2 is 1.28 bits per heavy atom. The Morgan fingerprint density at radius 3 is 2.05 bits per heavy atom. The number of rotatable bonds is 3.